The molecule has 1 aliphatic heterocycles. The molecule has 1 rings (SSSR count). The van der Waals surface area contributed by atoms with Gasteiger partial charge in [-0.25, -0.2) is 9.59 Å². The Kier molecular flexibility index (Phi) is 3.95. The number of halogens is 1. The van der Waals surface area contributed by atoms with Crippen LogP contribution in [-0.4, -0.2) is 53.3 Å². The number of nitrogens with zero attached hydrogens (tertiary/aromatic N) is 2. The second-order valence-corrected chi connectivity index (χ2v) is 5.22. The molecule has 0 aromatic rings. The van der Waals surface area contributed by atoms with Crippen molar-refractivity contribution in [2.75, 3.05) is 19.6 Å². The van der Waals surface area contributed by atoms with E-state index in [1.807, 2.05) is 0 Å². The molecule has 0 unspecified atom stereocenters. The highest BCUT2D eigenvalue weighted by atomic mass is 19.1. The lowest BCUT2D eigenvalue weighted by atomic mass is 10.2. The molecule has 2 amide bonds. The highest BCUT2D eigenvalue weighted by molar-refractivity contribution is 5.70. The predicted molar refractivity (Wildman–Crippen MR) is 60.5 cm³/mol. The van der Waals surface area contributed by atoms with Gasteiger partial charge in [-0.1, -0.05) is 0 Å². The van der Waals surface area contributed by atoms with Crippen molar-refractivity contribution in [1.29, 1.82) is 0 Å². The molecule has 98 valence electrons. The van der Waals surface area contributed by atoms with Crippen LogP contribution in [0.1, 0.15) is 27.7 Å². The van der Waals surface area contributed by atoms with Crippen molar-refractivity contribution in [3.8, 4) is 0 Å². The van der Waals surface area contributed by atoms with Crippen LogP contribution in [0.2, 0.25) is 0 Å². The van der Waals surface area contributed by atoms with E-state index in [1.165, 1.54) is 4.90 Å². The first-order valence-corrected chi connectivity index (χ1v) is 5.65. The molecule has 1 heterocycles. The number of ether oxygens (including phenoxy) is 1. The fraction of sp³-hybridized carbons (Fsp3) is 0.818. The highest BCUT2D eigenvalue weighted by Crippen LogP contribution is 2.15. The maximum Gasteiger partial charge on any atom is 0.410 e. The monoisotopic (exact) mass is 246 g/mol. The lowest BCUT2D eigenvalue weighted by Crippen LogP contribution is -2.55. The number of piperazine rings is 1. The van der Waals surface area contributed by atoms with E-state index in [0.29, 0.717) is 6.54 Å². The highest BCUT2D eigenvalue weighted by Gasteiger charge is 2.32. The standard InChI is InChI=1S/C11H19FN2O3/c1-8-7-13(9(12)15)5-6-14(8)10(16)17-11(2,3)4/h8H,5-7H2,1-4H3/t8-/m1/s1. The molecule has 5 nitrogen and oxygen atoms in total. The lowest BCUT2D eigenvalue weighted by molar-refractivity contribution is 0.00418. The molecule has 0 radical (unpaired) electrons. The number of hydrogen-bond donors (Lipinski definition) is 0. The summed E-state index contributed by atoms with van der Waals surface area (Å²) in [7, 11) is 0. The van der Waals surface area contributed by atoms with E-state index in [-0.39, 0.29) is 19.1 Å². The first-order valence-electron chi connectivity index (χ1n) is 5.65. The van der Waals surface area contributed by atoms with Gasteiger partial charge in [-0.2, -0.15) is 0 Å². The largest absolute Gasteiger partial charge is 0.444 e. The van der Waals surface area contributed by atoms with Crippen LogP contribution >= 0.6 is 0 Å². The molecule has 0 bridgehead atoms. The van der Waals surface area contributed by atoms with Crippen molar-refractivity contribution in [3.63, 3.8) is 0 Å². The van der Waals surface area contributed by atoms with Crippen molar-refractivity contribution >= 4 is 12.3 Å². The second-order valence-electron chi connectivity index (χ2n) is 5.22. The summed E-state index contributed by atoms with van der Waals surface area (Å²) in [6.07, 6.45) is -1.86. The minimum absolute atomic E-state index is 0.203. The van der Waals surface area contributed by atoms with E-state index in [0.717, 1.165) is 4.90 Å². The predicted octanol–water partition coefficient (Wildman–Crippen LogP) is 2.02. The van der Waals surface area contributed by atoms with Gasteiger partial charge in [-0.05, 0) is 27.7 Å². The van der Waals surface area contributed by atoms with Gasteiger partial charge in [0.15, 0.2) is 0 Å². The van der Waals surface area contributed by atoms with E-state index in [1.54, 1.807) is 27.7 Å². The van der Waals surface area contributed by atoms with Gasteiger partial charge in [-0.15, -0.1) is 4.39 Å². The van der Waals surface area contributed by atoms with E-state index < -0.39 is 17.9 Å². The molecule has 6 heteroatoms. The summed E-state index contributed by atoms with van der Waals surface area (Å²) < 4.78 is 17.7. The van der Waals surface area contributed by atoms with Crippen molar-refractivity contribution in [2.24, 2.45) is 0 Å². The van der Waals surface area contributed by atoms with Gasteiger partial charge in [0.25, 0.3) is 0 Å². The minimum atomic E-state index is -1.44. The molecule has 0 spiro atoms. The molecule has 0 aromatic heterocycles. The summed E-state index contributed by atoms with van der Waals surface area (Å²) in [5.41, 5.74) is -0.552. The van der Waals surface area contributed by atoms with E-state index in [9.17, 15) is 14.0 Å². The Morgan fingerprint density at radius 3 is 2.29 bits per heavy atom. The molecule has 0 aliphatic carbocycles. The van der Waals surface area contributed by atoms with E-state index in [4.69, 9.17) is 4.74 Å². The van der Waals surface area contributed by atoms with Crippen LogP contribution in [0.5, 0.6) is 0 Å². The number of hydrogen-bond acceptors (Lipinski definition) is 3. The molecule has 0 N–H and O–H groups in total. The van der Waals surface area contributed by atoms with Crippen LogP contribution in [0.3, 0.4) is 0 Å². The van der Waals surface area contributed by atoms with Crippen LogP contribution in [-0.2, 0) is 4.74 Å². The van der Waals surface area contributed by atoms with Crippen LogP contribution in [0.4, 0.5) is 14.0 Å². The minimum Gasteiger partial charge on any atom is -0.444 e. The first-order chi connectivity index (χ1) is 7.70. The van der Waals surface area contributed by atoms with Crippen molar-refractivity contribution < 1.29 is 18.7 Å². The Morgan fingerprint density at radius 2 is 1.88 bits per heavy atom. The number of carbonyl (C=O) groups excluding carboxylic acids is 2. The zero-order chi connectivity index (χ0) is 13.2. The third-order valence-electron chi connectivity index (χ3n) is 2.50. The molecular formula is C11H19FN2O3. The van der Waals surface area contributed by atoms with E-state index in [2.05, 4.69) is 0 Å². The Morgan fingerprint density at radius 1 is 1.29 bits per heavy atom. The third-order valence-corrected chi connectivity index (χ3v) is 2.50. The van der Waals surface area contributed by atoms with Crippen LogP contribution < -0.4 is 0 Å². The van der Waals surface area contributed by atoms with Gasteiger partial charge >= 0.3 is 12.3 Å². The SMILES string of the molecule is C[C@@H]1CN(C(=O)F)CCN1C(=O)OC(C)(C)C. The summed E-state index contributed by atoms with van der Waals surface area (Å²) in [5, 5.41) is 0. The van der Waals surface area contributed by atoms with Gasteiger partial charge in [0, 0.05) is 25.7 Å². The van der Waals surface area contributed by atoms with E-state index >= 15 is 0 Å². The summed E-state index contributed by atoms with van der Waals surface area (Å²) in [6.45, 7) is 7.84. The zero-order valence-corrected chi connectivity index (χ0v) is 10.7. The average Bonchev–Trinajstić information content (AvgIpc) is 2.14. The molecule has 1 fully saturated rings. The zero-order valence-electron chi connectivity index (χ0n) is 10.7. The molecule has 1 aliphatic rings. The quantitative estimate of drug-likeness (QED) is 0.485. The molecule has 0 aromatic carbocycles. The Balaban J connectivity index is 2.58. The molecule has 1 saturated heterocycles. The summed E-state index contributed by atoms with van der Waals surface area (Å²) in [6, 6.07) is -0.238. The Bertz CT molecular complexity index is 314. The second kappa shape index (κ2) is 4.89. The topological polar surface area (TPSA) is 49.9 Å². The molecular weight excluding hydrogens is 227 g/mol. The molecule has 1 atom stereocenters. The number of rotatable bonds is 0. The van der Waals surface area contributed by atoms with Gasteiger partial charge in [-0.3, -0.25) is 0 Å². The normalized spacial score (nSPS) is 21.4. The van der Waals surface area contributed by atoms with Gasteiger partial charge in [0.2, 0.25) is 0 Å². The fourth-order valence-corrected chi connectivity index (χ4v) is 1.71. The maximum atomic E-state index is 12.5. The summed E-state index contributed by atoms with van der Waals surface area (Å²) in [4.78, 5) is 25.0. The van der Waals surface area contributed by atoms with Crippen LogP contribution in [0, 0.1) is 0 Å². The molecule has 17 heavy (non-hydrogen) atoms. The third kappa shape index (κ3) is 3.87. The number of amides is 2. The van der Waals surface area contributed by atoms with Gasteiger partial charge in [0.1, 0.15) is 5.60 Å². The first kappa shape index (κ1) is 13.7. The fourth-order valence-electron chi connectivity index (χ4n) is 1.71. The molecule has 0 saturated carbocycles. The summed E-state index contributed by atoms with van der Waals surface area (Å²) in [5.74, 6) is 0. The van der Waals surface area contributed by atoms with Crippen molar-refractivity contribution in [2.45, 2.75) is 39.3 Å². The lowest BCUT2D eigenvalue weighted by Gasteiger charge is -2.38. The van der Waals surface area contributed by atoms with Gasteiger partial charge in [0.05, 0.1) is 0 Å². The smallest absolute Gasteiger partial charge is 0.410 e. The Labute approximate surface area is 101 Å². The van der Waals surface area contributed by atoms with Crippen LogP contribution in [0.15, 0.2) is 0 Å². The van der Waals surface area contributed by atoms with Crippen LogP contribution in [0.25, 0.3) is 0 Å². The number of carbonyl (C=O) groups is 2. The van der Waals surface area contributed by atoms with Gasteiger partial charge < -0.3 is 14.5 Å². The van der Waals surface area contributed by atoms with Crippen molar-refractivity contribution in [3.05, 3.63) is 0 Å². The van der Waals surface area contributed by atoms with Crippen molar-refractivity contribution in [1.82, 2.24) is 9.80 Å². The Hall–Kier alpha value is -1.33. The summed E-state index contributed by atoms with van der Waals surface area (Å²) >= 11 is 0. The average molecular weight is 246 g/mol. The maximum absolute atomic E-state index is 12.5.